The summed E-state index contributed by atoms with van der Waals surface area (Å²) in [7, 11) is -0.144. The van der Waals surface area contributed by atoms with Gasteiger partial charge in [-0.1, -0.05) is 31.1 Å². The van der Waals surface area contributed by atoms with E-state index in [0.29, 0.717) is 32.3 Å². The van der Waals surface area contributed by atoms with Gasteiger partial charge in [-0.15, -0.1) is 0 Å². The molecule has 0 atom stereocenters. The quantitative estimate of drug-likeness (QED) is 0.551. The minimum Gasteiger partial charge on any atom is -0.256 e. The third-order valence-corrected chi connectivity index (χ3v) is 7.97. The Morgan fingerprint density at radius 3 is 2.52 bits per heavy atom. The van der Waals surface area contributed by atoms with Crippen molar-refractivity contribution in [3.8, 4) is 11.3 Å². The summed E-state index contributed by atoms with van der Waals surface area (Å²) >= 11 is 12.4. The van der Waals surface area contributed by atoms with E-state index in [4.69, 9.17) is 23.2 Å². The van der Waals surface area contributed by atoms with Crippen molar-refractivity contribution in [1.29, 1.82) is 0 Å². The summed E-state index contributed by atoms with van der Waals surface area (Å²) in [5, 5.41) is 0.640. The summed E-state index contributed by atoms with van der Waals surface area (Å²) in [6, 6.07) is 5.23. The molecule has 0 spiro atoms. The monoisotopic (exact) mass is 393 g/mol. The van der Waals surface area contributed by atoms with Crippen LogP contribution in [0.4, 0.5) is 4.39 Å². The average Bonchev–Trinajstić information content (AvgIpc) is 3.14. The third kappa shape index (κ3) is 3.12. The van der Waals surface area contributed by atoms with Gasteiger partial charge in [-0.3, -0.25) is 4.98 Å². The fourth-order valence-corrected chi connectivity index (χ4v) is 5.89. The molecule has 3 nitrogen and oxygen atoms in total. The summed E-state index contributed by atoms with van der Waals surface area (Å²) in [5.74, 6) is -0.445. The molecule has 1 fully saturated rings. The smallest absolute Gasteiger partial charge is 0.151 e. The number of rotatable bonds is 2. The van der Waals surface area contributed by atoms with Gasteiger partial charge in [0.2, 0.25) is 0 Å². The number of aromatic nitrogens is 3. The van der Waals surface area contributed by atoms with Gasteiger partial charge in [0.05, 0.1) is 26.7 Å². The largest absolute Gasteiger partial charge is 0.256 e. The fraction of sp³-hybridized carbons (Fsp3) is 0.278. The summed E-state index contributed by atoms with van der Waals surface area (Å²) in [5.41, 5.74) is 3.33. The van der Waals surface area contributed by atoms with Crippen LogP contribution >= 0.6 is 31.1 Å². The van der Waals surface area contributed by atoms with Gasteiger partial charge in [0, 0.05) is 17.8 Å². The molecule has 0 aromatic carbocycles. The molecule has 3 aromatic rings. The second kappa shape index (κ2) is 6.75. The van der Waals surface area contributed by atoms with Crippen LogP contribution in [0.25, 0.3) is 22.3 Å². The molecule has 3 aromatic heterocycles. The highest BCUT2D eigenvalue weighted by Crippen LogP contribution is 2.41. The highest BCUT2D eigenvalue weighted by atomic mass is 35.5. The highest BCUT2D eigenvalue weighted by Gasteiger charge is 2.19. The van der Waals surface area contributed by atoms with Crippen LogP contribution in [0.1, 0.15) is 18.5 Å². The van der Waals surface area contributed by atoms with E-state index in [-0.39, 0.29) is 13.6 Å². The molecule has 25 heavy (non-hydrogen) atoms. The van der Waals surface area contributed by atoms with E-state index < -0.39 is 5.82 Å². The lowest BCUT2D eigenvalue weighted by atomic mass is 10.1. The Bertz CT molecular complexity index is 957. The molecule has 128 valence electrons. The van der Waals surface area contributed by atoms with Crippen LogP contribution in [0.2, 0.25) is 10.0 Å². The van der Waals surface area contributed by atoms with Crippen LogP contribution in [-0.2, 0) is 0 Å². The molecule has 1 saturated heterocycles. The van der Waals surface area contributed by atoms with Gasteiger partial charge in [0.25, 0.3) is 0 Å². The first-order valence-corrected chi connectivity index (χ1v) is 10.5. The standard InChI is InChI=1S/C18H15Cl2FN3P/c1-10-15(19)16(20)18-13(23-10)8-12(21)17(24-18)11-4-5-14(22-9-11)25-6-2-3-7-25/h4-5,8-9H,2-3,6-7H2,1H3. The fourth-order valence-electron chi connectivity index (χ4n) is 3.08. The molecule has 0 N–H and O–H groups in total. The van der Waals surface area contributed by atoms with Crippen LogP contribution in [0.5, 0.6) is 0 Å². The molecule has 4 rings (SSSR count). The lowest BCUT2D eigenvalue weighted by Crippen LogP contribution is -2.07. The maximum atomic E-state index is 14.6. The zero-order valence-electron chi connectivity index (χ0n) is 13.6. The molecule has 0 aliphatic carbocycles. The van der Waals surface area contributed by atoms with Crippen molar-refractivity contribution in [2.45, 2.75) is 19.8 Å². The summed E-state index contributed by atoms with van der Waals surface area (Å²) in [4.78, 5) is 13.2. The predicted molar refractivity (Wildman–Crippen MR) is 103 cm³/mol. The minimum atomic E-state index is -0.445. The van der Waals surface area contributed by atoms with Crippen molar-refractivity contribution in [3.63, 3.8) is 0 Å². The second-order valence-corrected chi connectivity index (χ2v) is 9.30. The summed E-state index contributed by atoms with van der Waals surface area (Å²) in [6.45, 7) is 1.73. The van der Waals surface area contributed by atoms with Crippen molar-refractivity contribution >= 4 is 47.6 Å². The van der Waals surface area contributed by atoms with Gasteiger partial charge in [0.1, 0.15) is 11.2 Å². The van der Waals surface area contributed by atoms with Gasteiger partial charge < -0.3 is 0 Å². The Morgan fingerprint density at radius 1 is 1.08 bits per heavy atom. The van der Waals surface area contributed by atoms with Gasteiger partial charge in [-0.25, -0.2) is 14.4 Å². The van der Waals surface area contributed by atoms with Crippen LogP contribution < -0.4 is 5.44 Å². The second-order valence-electron chi connectivity index (χ2n) is 6.11. The first-order chi connectivity index (χ1) is 12.0. The Labute approximate surface area is 156 Å². The molecule has 0 radical (unpaired) electrons. The molecule has 7 heteroatoms. The van der Waals surface area contributed by atoms with Crippen LogP contribution in [0, 0.1) is 12.7 Å². The van der Waals surface area contributed by atoms with Crippen molar-refractivity contribution < 1.29 is 4.39 Å². The Morgan fingerprint density at radius 2 is 1.84 bits per heavy atom. The van der Waals surface area contributed by atoms with E-state index in [2.05, 4.69) is 15.0 Å². The Kier molecular flexibility index (Phi) is 4.61. The first-order valence-electron chi connectivity index (χ1n) is 8.08. The Hall–Kier alpha value is -1.35. The van der Waals surface area contributed by atoms with Crippen molar-refractivity contribution in [1.82, 2.24) is 15.0 Å². The zero-order chi connectivity index (χ0) is 17.6. The molecular weight excluding hydrogens is 379 g/mol. The number of pyridine rings is 3. The SMILES string of the molecule is Cc1nc2cc(F)c(-c3ccc(P4CCCC4)nc3)nc2c(Cl)c1Cl. The van der Waals surface area contributed by atoms with Crippen LogP contribution in [0.15, 0.2) is 24.4 Å². The molecule has 0 bridgehead atoms. The number of hydrogen-bond donors (Lipinski definition) is 0. The zero-order valence-corrected chi connectivity index (χ0v) is 16.0. The van der Waals surface area contributed by atoms with E-state index in [1.165, 1.54) is 31.2 Å². The third-order valence-electron chi connectivity index (χ3n) is 4.41. The van der Waals surface area contributed by atoms with Gasteiger partial charge >= 0.3 is 0 Å². The minimum absolute atomic E-state index is 0.144. The molecule has 1 aliphatic rings. The predicted octanol–water partition coefficient (Wildman–Crippen LogP) is 5.35. The van der Waals surface area contributed by atoms with Crippen molar-refractivity contribution in [2.75, 3.05) is 12.3 Å². The van der Waals surface area contributed by atoms with Gasteiger partial charge in [0.15, 0.2) is 5.82 Å². The topological polar surface area (TPSA) is 38.7 Å². The van der Waals surface area contributed by atoms with E-state index >= 15 is 0 Å². The van der Waals surface area contributed by atoms with Gasteiger partial charge in [-0.05, 0) is 44.2 Å². The number of fused-ring (bicyclic) bond motifs is 1. The molecule has 0 saturated carbocycles. The highest BCUT2D eigenvalue weighted by molar-refractivity contribution is 7.65. The molecule has 1 aliphatic heterocycles. The number of nitrogens with zero attached hydrogens (tertiary/aromatic N) is 3. The van der Waals surface area contributed by atoms with Crippen molar-refractivity contribution in [2.24, 2.45) is 0 Å². The first kappa shape index (κ1) is 17.1. The van der Waals surface area contributed by atoms with E-state index in [1.807, 2.05) is 12.1 Å². The maximum absolute atomic E-state index is 14.6. The molecule has 0 unspecified atom stereocenters. The van der Waals surface area contributed by atoms with E-state index in [0.717, 1.165) is 5.44 Å². The molecule has 4 heterocycles. The summed E-state index contributed by atoms with van der Waals surface area (Å²) in [6.07, 6.45) is 6.74. The van der Waals surface area contributed by atoms with Crippen LogP contribution in [0.3, 0.4) is 0 Å². The van der Waals surface area contributed by atoms with Crippen LogP contribution in [-0.4, -0.2) is 27.3 Å². The summed E-state index contributed by atoms with van der Waals surface area (Å²) < 4.78 is 14.6. The lowest BCUT2D eigenvalue weighted by molar-refractivity contribution is 0.628. The maximum Gasteiger partial charge on any atom is 0.151 e. The normalized spacial score (nSPS) is 15.2. The van der Waals surface area contributed by atoms with Gasteiger partial charge in [-0.2, -0.15) is 0 Å². The number of halogens is 3. The number of aryl methyl sites for hydroxylation is 1. The van der Waals surface area contributed by atoms with E-state index in [1.54, 1.807) is 13.1 Å². The van der Waals surface area contributed by atoms with Crippen molar-refractivity contribution in [3.05, 3.63) is 46.0 Å². The molecule has 0 amide bonds. The lowest BCUT2D eigenvalue weighted by Gasteiger charge is -2.11. The Balaban J connectivity index is 1.79. The number of hydrogen-bond acceptors (Lipinski definition) is 3. The molecular formula is C18H15Cl2FN3P. The van der Waals surface area contributed by atoms with E-state index in [9.17, 15) is 4.39 Å². The average molecular weight is 394 g/mol.